The number of fused-ring (bicyclic) bond motifs is 4. The minimum atomic E-state index is 0. The number of aromatic amines is 2. The lowest BCUT2D eigenvalue weighted by molar-refractivity contribution is 0.684. The van der Waals surface area contributed by atoms with Gasteiger partial charge in [0.05, 0.1) is 30.8 Å². The maximum absolute atomic E-state index is 4.62. The number of rotatable bonds is 6. The number of anilines is 2. The van der Waals surface area contributed by atoms with Gasteiger partial charge in [-0.25, -0.2) is 24.9 Å². The smallest absolute Gasteiger partial charge is 0.181 e. The molecule has 1 aromatic carbocycles. The van der Waals surface area contributed by atoms with E-state index in [0.717, 1.165) is 93.0 Å². The number of H-pyrrole nitrogens is 2. The Bertz CT molecular complexity index is 2860. The lowest BCUT2D eigenvalue weighted by Gasteiger charge is -2.16. The molecule has 9 heterocycles. The molecule has 0 fully saturated rings. The Kier molecular flexibility index (Phi) is 17.3. The van der Waals surface area contributed by atoms with Gasteiger partial charge in [-0.05, 0) is 117 Å². The highest BCUT2D eigenvalue weighted by atomic mass is 15.2. The maximum atomic E-state index is 4.62. The number of aromatic nitrogens is 10. The van der Waals surface area contributed by atoms with Crippen molar-refractivity contribution in [1.82, 2.24) is 50.3 Å². The molecule has 0 unspecified atom stereocenters. The van der Waals surface area contributed by atoms with E-state index in [-0.39, 0.29) is 7.43 Å². The normalized spacial score (nSPS) is 14.3. The summed E-state index contributed by atoms with van der Waals surface area (Å²) in [5, 5.41) is 19.9. The second-order valence-electron chi connectivity index (χ2n) is 18.5. The minimum absolute atomic E-state index is 0. The number of aryl methyl sites for hydroxylation is 2. The largest absolute Gasteiger partial charge is 0.323 e. The summed E-state index contributed by atoms with van der Waals surface area (Å²) in [5.41, 5.74) is 16.8. The van der Waals surface area contributed by atoms with Crippen LogP contribution in [0.25, 0.3) is 21.9 Å². The van der Waals surface area contributed by atoms with E-state index in [2.05, 4.69) is 126 Å². The number of pyridine rings is 2. The Balaban J connectivity index is 0.000000142. The fourth-order valence-electron chi connectivity index (χ4n) is 8.60. The average Bonchev–Trinajstić information content (AvgIpc) is 4.18. The third-order valence-corrected chi connectivity index (χ3v) is 12.2. The van der Waals surface area contributed by atoms with Crippen molar-refractivity contribution in [3.63, 3.8) is 0 Å². The molecule has 0 amide bonds. The van der Waals surface area contributed by atoms with Crippen molar-refractivity contribution in [2.75, 3.05) is 11.9 Å². The highest BCUT2D eigenvalue weighted by molar-refractivity contribution is 6.05. The van der Waals surface area contributed by atoms with Crippen molar-refractivity contribution in [1.29, 1.82) is 0 Å². The van der Waals surface area contributed by atoms with Crippen molar-refractivity contribution in [2.45, 2.75) is 128 Å². The molecule has 356 valence electrons. The number of hydrogen-bond donors (Lipinski definition) is 3. The van der Waals surface area contributed by atoms with Gasteiger partial charge in [0.25, 0.3) is 0 Å². The first kappa shape index (κ1) is 50.6. The number of nitrogens with one attached hydrogen (secondary N) is 3. The molecule has 3 N–H and O–H groups in total. The van der Waals surface area contributed by atoms with Gasteiger partial charge in [0.2, 0.25) is 0 Å². The second kappa shape index (κ2) is 23.3. The van der Waals surface area contributed by atoms with E-state index in [4.69, 9.17) is 0 Å². The SMILES string of the molecule is C.CC(C)C1=NCC2=C1CCCC2.CC(C)C1=NCc2ccncc21.CC(C)C1=NCc2ncncc21.CC(C)c1[nH]nc2ncccc12.Cc1nc(C)c(C)c(Nc2n[nH]c3ccccc23)n1. The Labute approximate surface area is 402 Å². The van der Waals surface area contributed by atoms with Gasteiger partial charge in [0, 0.05) is 80.8 Å². The molecular weight excluding hydrogens is 845 g/mol. The number of hydrogen-bond acceptors (Lipinski definition) is 12. The molecular formula is C54H70N14. The molecule has 4 aliphatic rings. The summed E-state index contributed by atoms with van der Waals surface area (Å²) in [7, 11) is 0. The summed E-state index contributed by atoms with van der Waals surface area (Å²) in [4.78, 5) is 38.7. The lowest BCUT2D eigenvalue weighted by atomic mass is 9.88. The predicted molar refractivity (Wildman–Crippen MR) is 279 cm³/mol. The summed E-state index contributed by atoms with van der Waals surface area (Å²) in [5.74, 6) is 4.44. The van der Waals surface area contributed by atoms with Gasteiger partial charge in [-0.15, -0.1) is 0 Å². The standard InChI is InChI=1S/C14H15N5.C11H17N.C10H12N2.2C9H11N3.CH4/c1-8-9(2)15-10(3)16-13(8)17-14-11-6-4-5-7-12(11)18-19-14;1-8(2)11-10-6-4-3-5-9(10)7-12-11;1-7(2)10-9-6-11-4-3-8(9)5-12-10;1-6(2)9-7-3-10-5-12-8(7)4-11-9;1-6(2)8-7-4-3-5-10-9(7)12-11-8;/h4-7H,1-3H3,(H2,15,16,17,18,19);8H,3-7H2,1-2H3;3-4,6-7H,5H2,1-2H3;3,5-6H,4H2,1-2H3;3-6H,1-2H3,(H,10,11,12);1H4. The first-order valence-corrected chi connectivity index (χ1v) is 23.7. The molecule has 0 radical (unpaired) electrons. The van der Waals surface area contributed by atoms with E-state index in [1.807, 2.05) is 81.8 Å². The molecule has 0 saturated heterocycles. The Morgan fingerprint density at radius 1 is 0.603 bits per heavy atom. The zero-order valence-corrected chi connectivity index (χ0v) is 41.1. The van der Waals surface area contributed by atoms with Gasteiger partial charge in [-0.3, -0.25) is 30.2 Å². The van der Waals surface area contributed by atoms with Gasteiger partial charge in [0.15, 0.2) is 11.5 Å². The fraction of sp³-hybridized carbons (Fsp3) is 0.426. The van der Waals surface area contributed by atoms with Gasteiger partial charge in [-0.2, -0.15) is 10.2 Å². The number of aliphatic imine (C=N–C) groups is 3. The van der Waals surface area contributed by atoms with E-state index < -0.39 is 0 Å². The average molecular weight is 915 g/mol. The first-order valence-electron chi connectivity index (χ1n) is 23.7. The van der Waals surface area contributed by atoms with Crippen LogP contribution in [0.4, 0.5) is 11.6 Å². The quantitative estimate of drug-likeness (QED) is 0.146. The van der Waals surface area contributed by atoms with Gasteiger partial charge >= 0.3 is 0 Å². The summed E-state index contributed by atoms with van der Waals surface area (Å²) < 4.78 is 0. The van der Waals surface area contributed by atoms with E-state index in [9.17, 15) is 0 Å². The number of benzene rings is 1. The topological polar surface area (TPSA) is 184 Å². The highest BCUT2D eigenvalue weighted by Gasteiger charge is 2.24. The molecule has 0 spiro atoms. The van der Waals surface area contributed by atoms with Gasteiger partial charge < -0.3 is 5.32 Å². The molecule has 3 aliphatic heterocycles. The van der Waals surface area contributed by atoms with Crippen LogP contribution < -0.4 is 5.32 Å². The van der Waals surface area contributed by atoms with Crippen molar-refractivity contribution < 1.29 is 0 Å². The van der Waals surface area contributed by atoms with Crippen LogP contribution in [0, 0.1) is 38.5 Å². The Morgan fingerprint density at radius 2 is 1.29 bits per heavy atom. The molecule has 0 atom stereocenters. The van der Waals surface area contributed by atoms with Gasteiger partial charge in [0.1, 0.15) is 18.0 Å². The van der Waals surface area contributed by atoms with Crippen LogP contribution in [-0.4, -0.2) is 74.0 Å². The van der Waals surface area contributed by atoms with E-state index >= 15 is 0 Å². The first-order chi connectivity index (χ1) is 32.3. The molecule has 68 heavy (non-hydrogen) atoms. The van der Waals surface area contributed by atoms with Crippen LogP contribution >= 0.6 is 0 Å². The Morgan fingerprint density at radius 3 is 2.06 bits per heavy atom. The van der Waals surface area contributed by atoms with Crippen molar-refractivity contribution in [3.05, 3.63) is 130 Å². The van der Waals surface area contributed by atoms with Gasteiger partial charge in [-0.1, -0.05) is 74.9 Å². The zero-order chi connectivity index (χ0) is 47.6. The van der Waals surface area contributed by atoms with E-state index in [0.29, 0.717) is 23.7 Å². The minimum Gasteiger partial charge on any atom is -0.323 e. The summed E-state index contributed by atoms with van der Waals surface area (Å²) in [6.45, 7) is 25.9. The predicted octanol–water partition coefficient (Wildman–Crippen LogP) is 12.2. The molecule has 1 aliphatic carbocycles. The van der Waals surface area contributed by atoms with Crippen molar-refractivity contribution in [3.8, 4) is 0 Å². The molecule has 0 bridgehead atoms. The molecule has 11 rings (SSSR count). The maximum Gasteiger partial charge on any atom is 0.181 e. The van der Waals surface area contributed by atoms with Crippen LogP contribution in [0.1, 0.15) is 140 Å². The fourth-order valence-corrected chi connectivity index (χ4v) is 8.60. The van der Waals surface area contributed by atoms with Crippen LogP contribution in [0.15, 0.2) is 99.7 Å². The summed E-state index contributed by atoms with van der Waals surface area (Å²) in [6, 6.07) is 14.0. The summed E-state index contributed by atoms with van der Waals surface area (Å²) in [6.07, 6.45) is 14.3. The van der Waals surface area contributed by atoms with Crippen LogP contribution in [0.5, 0.6) is 0 Å². The zero-order valence-electron chi connectivity index (χ0n) is 41.1. The molecule has 6 aromatic heterocycles. The number of para-hydroxylation sites is 1. The number of nitrogens with zero attached hydrogens (tertiary/aromatic N) is 11. The third-order valence-electron chi connectivity index (χ3n) is 12.2. The lowest BCUT2D eigenvalue weighted by Crippen LogP contribution is -2.10. The molecule has 7 aromatic rings. The second-order valence-corrected chi connectivity index (χ2v) is 18.5. The number of allylic oxidation sites excluding steroid dienone is 1. The molecule has 14 heteroatoms. The van der Waals surface area contributed by atoms with E-state index in [1.165, 1.54) is 48.2 Å². The Hall–Kier alpha value is -6.83. The van der Waals surface area contributed by atoms with Crippen molar-refractivity contribution in [2.24, 2.45) is 32.7 Å². The third kappa shape index (κ3) is 12.0. The summed E-state index contributed by atoms with van der Waals surface area (Å²) >= 11 is 0. The van der Waals surface area contributed by atoms with Crippen LogP contribution in [0.2, 0.25) is 0 Å². The monoisotopic (exact) mass is 915 g/mol. The van der Waals surface area contributed by atoms with Crippen molar-refractivity contribution >= 4 is 50.7 Å². The van der Waals surface area contributed by atoms with Crippen LogP contribution in [-0.2, 0) is 13.1 Å². The van der Waals surface area contributed by atoms with Crippen LogP contribution in [0.3, 0.4) is 0 Å². The van der Waals surface area contributed by atoms with E-state index in [1.54, 1.807) is 23.7 Å². The highest BCUT2D eigenvalue weighted by Crippen LogP contribution is 2.32. The molecule has 0 saturated carbocycles. The molecule has 14 nitrogen and oxygen atoms in total.